The largest absolute Gasteiger partial charge is 0.441 e. The van der Waals surface area contributed by atoms with Crippen LogP contribution < -0.4 is 4.90 Å². The van der Waals surface area contributed by atoms with E-state index < -0.39 is 5.97 Å². The predicted octanol–water partition coefficient (Wildman–Crippen LogP) is 7.15. The Morgan fingerprint density at radius 1 is 0.968 bits per heavy atom. The first-order valence-corrected chi connectivity index (χ1v) is 11.9. The Morgan fingerprint density at radius 3 is 2.19 bits per heavy atom. The van der Waals surface area contributed by atoms with Crippen molar-refractivity contribution in [3.63, 3.8) is 0 Å². The average molecular weight is 429 g/mol. The molecular weight excluding hydrogens is 388 g/mol. The maximum Gasteiger partial charge on any atom is 0.367 e. The molecule has 31 heavy (non-hydrogen) atoms. The number of allylic oxidation sites excluding steroid dienone is 2. The third kappa shape index (κ3) is 8.04. The second-order valence-electron chi connectivity index (χ2n) is 9.29. The number of furan rings is 1. The van der Waals surface area contributed by atoms with Crippen molar-refractivity contribution in [2.75, 3.05) is 18.0 Å². The molecule has 0 bridgehead atoms. The smallest absolute Gasteiger partial charge is 0.367 e. The number of carbonyl (C=O) groups excluding carboxylic acids is 1. The summed E-state index contributed by atoms with van der Waals surface area (Å²) in [5.74, 6) is 1.30. The molecule has 2 rings (SSSR count). The summed E-state index contributed by atoms with van der Waals surface area (Å²) in [6.07, 6.45) is 15.4. The Balaban J connectivity index is 2.03. The van der Waals surface area contributed by atoms with Gasteiger partial charge in [-0.15, -0.1) is 0 Å². The highest BCUT2D eigenvalue weighted by Gasteiger charge is 2.33. The van der Waals surface area contributed by atoms with Crippen LogP contribution in [0.4, 0.5) is 5.88 Å². The van der Waals surface area contributed by atoms with E-state index in [1.165, 1.54) is 51.4 Å². The van der Waals surface area contributed by atoms with Gasteiger partial charge in [0.1, 0.15) is 11.5 Å². The van der Waals surface area contributed by atoms with Gasteiger partial charge in [-0.3, -0.25) is 0 Å². The molecule has 0 fully saturated rings. The van der Waals surface area contributed by atoms with Gasteiger partial charge in [-0.25, -0.2) is 4.79 Å². The zero-order valence-corrected chi connectivity index (χ0v) is 20.1. The van der Waals surface area contributed by atoms with Gasteiger partial charge >= 0.3 is 5.97 Å². The summed E-state index contributed by atoms with van der Waals surface area (Å²) in [5, 5.41) is 3.94. The Kier molecular flexibility index (Phi) is 10.1. The van der Waals surface area contributed by atoms with Crippen LogP contribution in [0.2, 0.25) is 0 Å². The minimum atomic E-state index is -0.403. The van der Waals surface area contributed by atoms with Crippen LogP contribution in [-0.4, -0.2) is 24.8 Å². The van der Waals surface area contributed by atoms with E-state index in [1.807, 2.05) is 39.0 Å². The molecule has 0 saturated heterocycles. The number of hydrogen-bond acceptors (Lipinski definition) is 5. The Hall–Kier alpha value is -2.30. The summed E-state index contributed by atoms with van der Waals surface area (Å²) in [6, 6.07) is 4.04. The number of oxime groups is 1. The molecule has 5 heteroatoms. The van der Waals surface area contributed by atoms with Gasteiger partial charge in [0.2, 0.25) is 0 Å². The molecule has 172 valence electrons. The molecule has 0 spiro atoms. The highest BCUT2D eigenvalue weighted by Crippen LogP contribution is 2.27. The first-order chi connectivity index (χ1) is 14.9. The van der Waals surface area contributed by atoms with Crippen molar-refractivity contribution >= 4 is 23.6 Å². The van der Waals surface area contributed by atoms with Crippen molar-refractivity contribution in [3.05, 3.63) is 35.6 Å². The summed E-state index contributed by atoms with van der Waals surface area (Å²) < 4.78 is 6.11. The highest BCUT2D eigenvalue weighted by molar-refractivity contribution is 6.24. The molecule has 1 aliphatic heterocycles. The van der Waals surface area contributed by atoms with E-state index in [4.69, 9.17) is 9.25 Å². The highest BCUT2D eigenvalue weighted by atomic mass is 16.7. The summed E-state index contributed by atoms with van der Waals surface area (Å²) in [4.78, 5) is 19.2. The maximum atomic E-state index is 12.0. The Labute approximate surface area is 188 Å². The molecule has 1 aliphatic rings. The van der Waals surface area contributed by atoms with Gasteiger partial charge in [-0.2, -0.15) is 0 Å². The summed E-state index contributed by atoms with van der Waals surface area (Å²) in [6.45, 7) is 12.6. The van der Waals surface area contributed by atoms with Crippen LogP contribution in [0.5, 0.6) is 0 Å². The topological polar surface area (TPSA) is 55.0 Å². The molecule has 5 nitrogen and oxygen atoms in total. The fourth-order valence-corrected chi connectivity index (χ4v) is 3.60. The minimum absolute atomic E-state index is 0.250. The second kappa shape index (κ2) is 12.5. The van der Waals surface area contributed by atoms with Gasteiger partial charge in [0.25, 0.3) is 0 Å². The normalized spacial score (nSPS) is 15.7. The fourth-order valence-electron chi connectivity index (χ4n) is 3.60. The minimum Gasteiger partial charge on any atom is -0.441 e. The Bertz CT molecular complexity index is 769. The fraction of sp³-hybridized carbons (Fsp3) is 0.615. The zero-order valence-electron chi connectivity index (χ0n) is 20.1. The van der Waals surface area contributed by atoms with Crippen LogP contribution in [0.25, 0.3) is 6.08 Å². The van der Waals surface area contributed by atoms with Crippen molar-refractivity contribution in [2.45, 2.75) is 86.0 Å². The van der Waals surface area contributed by atoms with E-state index in [0.717, 1.165) is 24.7 Å². The molecule has 2 heterocycles. The lowest BCUT2D eigenvalue weighted by Crippen LogP contribution is -2.25. The van der Waals surface area contributed by atoms with E-state index in [2.05, 4.69) is 30.0 Å². The van der Waals surface area contributed by atoms with Crippen LogP contribution >= 0.6 is 0 Å². The molecule has 0 unspecified atom stereocenters. The quantitative estimate of drug-likeness (QED) is 0.190. The molecular formula is C26H40N2O3. The molecule has 1 aromatic heterocycles. The average Bonchev–Trinajstić information content (AvgIpc) is 3.34. The van der Waals surface area contributed by atoms with Crippen molar-refractivity contribution in [1.29, 1.82) is 0 Å². The summed E-state index contributed by atoms with van der Waals surface area (Å²) >= 11 is 0. The number of anilines is 1. The first-order valence-electron chi connectivity index (χ1n) is 11.9. The van der Waals surface area contributed by atoms with Crippen molar-refractivity contribution in [1.82, 2.24) is 0 Å². The monoisotopic (exact) mass is 428 g/mol. The SMILES string of the molecule is CCCCCCN(CCCCCC)c1ccc(/C=C/C=C2\C(=O)ON=C2C(C)(C)C)o1. The van der Waals surface area contributed by atoms with Gasteiger partial charge in [0.05, 0.1) is 5.57 Å². The van der Waals surface area contributed by atoms with Gasteiger partial charge < -0.3 is 14.2 Å². The lowest BCUT2D eigenvalue weighted by molar-refractivity contribution is -0.136. The molecule has 0 saturated carbocycles. The zero-order chi connectivity index (χ0) is 22.7. The first kappa shape index (κ1) is 25.0. The van der Waals surface area contributed by atoms with E-state index in [0.29, 0.717) is 11.3 Å². The van der Waals surface area contributed by atoms with Gasteiger partial charge in [-0.1, -0.05) is 84.4 Å². The lowest BCUT2D eigenvalue weighted by atomic mass is 9.85. The summed E-state index contributed by atoms with van der Waals surface area (Å²) in [5.41, 5.74) is 0.927. The lowest BCUT2D eigenvalue weighted by Gasteiger charge is -2.22. The maximum absolute atomic E-state index is 12.0. The number of unbranched alkanes of at least 4 members (excludes halogenated alkanes) is 6. The van der Waals surface area contributed by atoms with Crippen LogP contribution in [0.15, 0.2) is 39.4 Å². The van der Waals surface area contributed by atoms with Crippen LogP contribution in [0, 0.1) is 5.41 Å². The third-order valence-corrected chi connectivity index (χ3v) is 5.42. The van der Waals surface area contributed by atoms with Crippen LogP contribution in [0.3, 0.4) is 0 Å². The van der Waals surface area contributed by atoms with E-state index in [-0.39, 0.29) is 5.41 Å². The van der Waals surface area contributed by atoms with Crippen molar-refractivity contribution in [2.24, 2.45) is 10.6 Å². The van der Waals surface area contributed by atoms with Crippen molar-refractivity contribution < 1.29 is 14.0 Å². The van der Waals surface area contributed by atoms with Crippen LogP contribution in [-0.2, 0) is 9.63 Å². The number of carbonyl (C=O) groups is 1. The van der Waals surface area contributed by atoms with Gasteiger partial charge in [0, 0.05) is 24.6 Å². The molecule has 0 aromatic carbocycles. The van der Waals surface area contributed by atoms with Gasteiger partial charge in [0.15, 0.2) is 5.88 Å². The molecule has 0 amide bonds. The number of rotatable bonds is 13. The van der Waals surface area contributed by atoms with E-state index >= 15 is 0 Å². The third-order valence-electron chi connectivity index (χ3n) is 5.42. The Morgan fingerprint density at radius 2 is 1.61 bits per heavy atom. The van der Waals surface area contributed by atoms with Gasteiger partial charge in [-0.05, 0) is 31.1 Å². The van der Waals surface area contributed by atoms with E-state index in [1.54, 1.807) is 6.08 Å². The van der Waals surface area contributed by atoms with Crippen molar-refractivity contribution in [3.8, 4) is 0 Å². The number of hydrogen-bond donors (Lipinski definition) is 0. The molecule has 0 aliphatic carbocycles. The summed E-state index contributed by atoms with van der Waals surface area (Å²) in [7, 11) is 0. The second-order valence-corrected chi connectivity index (χ2v) is 9.29. The molecule has 0 N–H and O–H groups in total. The molecule has 0 radical (unpaired) electrons. The van der Waals surface area contributed by atoms with Crippen LogP contribution in [0.1, 0.15) is 91.7 Å². The van der Waals surface area contributed by atoms with E-state index in [9.17, 15) is 4.79 Å². The standard InChI is InChI=1S/C26H40N2O3/c1-6-8-10-12-19-28(20-13-11-9-7-2)23-18-17-21(30-23)15-14-16-22-24(26(3,4)5)27-31-25(22)29/h14-18H,6-13,19-20H2,1-5H3/b15-14+,22-16-. The predicted molar refractivity (Wildman–Crippen MR) is 129 cm³/mol. The number of nitrogens with zero attached hydrogens (tertiary/aromatic N) is 2. The molecule has 0 atom stereocenters. The molecule has 1 aromatic rings.